The Morgan fingerprint density at radius 3 is 2.47 bits per heavy atom. The SMILES string of the molecule is CC(C)(C)[C@H]1C(O)=C(C2=C(Cl)S(=O)(=O)c3cc(NS(C)(=O)=O)ccc3N2)C(=O)N1CCC1CC1. The molecule has 2 aliphatic heterocycles. The van der Waals surface area contributed by atoms with Crippen molar-refractivity contribution < 1.29 is 26.7 Å². The monoisotopic (exact) mass is 529 g/mol. The van der Waals surface area contributed by atoms with Gasteiger partial charge in [-0.25, -0.2) is 16.8 Å². The Bertz CT molecular complexity index is 1340. The predicted octanol–water partition coefficient (Wildman–Crippen LogP) is 3.53. The number of benzene rings is 1. The lowest BCUT2D eigenvalue weighted by molar-refractivity contribution is -0.128. The van der Waals surface area contributed by atoms with E-state index in [0.29, 0.717) is 12.5 Å². The summed E-state index contributed by atoms with van der Waals surface area (Å²) in [4.78, 5) is 14.9. The van der Waals surface area contributed by atoms with Crippen molar-refractivity contribution in [2.24, 2.45) is 11.3 Å². The highest BCUT2D eigenvalue weighted by Gasteiger charge is 2.48. The highest BCUT2D eigenvalue weighted by molar-refractivity contribution is 7.97. The Hall–Kier alpha value is -2.24. The van der Waals surface area contributed by atoms with E-state index in [0.717, 1.165) is 31.6 Å². The summed E-state index contributed by atoms with van der Waals surface area (Å²) in [6, 6.07) is 3.30. The van der Waals surface area contributed by atoms with E-state index in [2.05, 4.69) is 10.0 Å². The summed E-state index contributed by atoms with van der Waals surface area (Å²) in [6.45, 7) is 6.16. The molecule has 0 radical (unpaired) electrons. The molecule has 1 aromatic rings. The van der Waals surface area contributed by atoms with E-state index >= 15 is 0 Å². The molecule has 2 heterocycles. The zero-order chi connectivity index (χ0) is 25.2. The van der Waals surface area contributed by atoms with Gasteiger partial charge in [0.15, 0.2) is 4.36 Å². The van der Waals surface area contributed by atoms with Gasteiger partial charge in [0.25, 0.3) is 5.91 Å². The Kier molecular flexibility index (Phi) is 5.97. The maximum atomic E-state index is 13.5. The molecule has 0 spiro atoms. The molecule has 1 fully saturated rings. The number of carbonyl (C=O) groups excluding carboxylic acids is 1. The average Bonchev–Trinajstić information content (AvgIpc) is 3.47. The molecule has 1 aromatic carbocycles. The first-order chi connectivity index (χ1) is 15.6. The normalized spacial score (nSPS) is 22.7. The molecule has 3 N–H and O–H groups in total. The van der Waals surface area contributed by atoms with Crippen molar-refractivity contribution in [3.05, 3.63) is 39.6 Å². The summed E-state index contributed by atoms with van der Waals surface area (Å²) in [5.74, 6) is -0.132. The number of sulfonamides is 1. The molecule has 0 aromatic heterocycles. The molecule has 1 atom stereocenters. The van der Waals surface area contributed by atoms with Crippen molar-refractivity contribution in [3.63, 3.8) is 0 Å². The molecule has 1 amide bonds. The molecule has 3 aliphatic rings. The first-order valence-corrected chi connectivity index (χ1v) is 14.6. The second-order valence-electron chi connectivity index (χ2n) is 10.1. The Balaban J connectivity index is 1.77. The number of halogens is 1. The molecule has 9 nitrogen and oxygen atoms in total. The zero-order valence-corrected chi connectivity index (χ0v) is 21.7. The zero-order valence-electron chi connectivity index (χ0n) is 19.3. The smallest absolute Gasteiger partial charge is 0.260 e. The molecule has 0 saturated heterocycles. The summed E-state index contributed by atoms with van der Waals surface area (Å²) < 4.78 is 51.2. The number of sulfone groups is 1. The maximum Gasteiger partial charge on any atom is 0.260 e. The van der Waals surface area contributed by atoms with Gasteiger partial charge in [0.2, 0.25) is 19.9 Å². The van der Waals surface area contributed by atoms with Crippen LogP contribution in [0.15, 0.2) is 44.5 Å². The van der Waals surface area contributed by atoms with Crippen molar-refractivity contribution in [2.75, 3.05) is 22.8 Å². The van der Waals surface area contributed by atoms with Gasteiger partial charge >= 0.3 is 0 Å². The number of fused-ring (bicyclic) bond motifs is 1. The van der Waals surface area contributed by atoms with Gasteiger partial charge in [-0.3, -0.25) is 9.52 Å². The number of carbonyl (C=O) groups is 1. The van der Waals surface area contributed by atoms with Crippen LogP contribution in [-0.2, 0) is 24.7 Å². The third-order valence-corrected chi connectivity index (χ3v) is 9.11. The lowest BCUT2D eigenvalue weighted by Gasteiger charge is -2.35. The maximum absolute atomic E-state index is 13.5. The van der Waals surface area contributed by atoms with Crippen LogP contribution in [0.3, 0.4) is 0 Å². The molecular weight excluding hydrogens is 502 g/mol. The van der Waals surface area contributed by atoms with Crippen molar-refractivity contribution in [1.29, 1.82) is 0 Å². The van der Waals surface area contributed by atoms with E-state index in [9.17, 15) is 26.7 Å². The van der Waals surface area contributed by atoms with Gasteiger partial charge in [-0.2, -0.15) is 0 Å². The van der Waals surface area contributed by atoms with Gasteiger partial charge in [-0.15, -0.1) is 0 Å². The second kappa shape index (κ2) is 8.17. The van der Waals surface area contributed by atoms with Gasteiger partial charge in [0.05, 0.1) is 28.6 Å². The topological polar surface area (TPSA) is 133 Å². The summed E-state index contributed by atoms with van der Waals surface area (Å²) >= 11 is 6.32. The van der Waals surface area contributed by atoms with Crippen LogP contribution in [0.2, 0.25) is 0 Å². The number of hydrogen-bond donors (Lipinski definition) is 3. The number of aliphatic hydroxyl groups excluding tert-OH is 1. The molecular formula is C22H28ClN3O6S2. The van der Waals surface area contributed by atoms with E-state index in [1.54, 1.807) is 4.90 Å². The van der Waals surface area contributed by atoms with E-state index in [1.807, 2.05) is 20.8 Å². The van der Waals surface area contributed by atoms with E-state index in [4.69, 9.17) is 11.6 Å². The summed E-state index contributed by atoms with van der Waals surface area (Å²) in [5, 5.41) is 14.1. The Morgan fingerprint density at radius 1 is 1.26 bits per heavy atom. The molecule has 0 bridgehead atoms. The minimum Gasteiger partial charge on any atom is -0.509 e. The number of amides is 1. The Morgan fingerprint density at radius 2 is 1.91 bits per heavy atom. The highest BCUT2D eigenvalue weighted by Crippen LogP contribution is 2.45. The number of anilines is 2. The van der Waals surface area contributed by atoms with Crippen LogP contribution in [0.25, 0.3) is 0 Å². The standard InChI is InChI=1S/C22H28ClN3O6S2/c1-22(2,3)19-18(27)16(21(28)26(19)10-9-12-5-6-12)17-20(23)34(31,32)15-11-13(25-33(4,29)30)7-8-14(15)24-17/h7-8,11-12,19,24-25,27H,5-6,9-10H2,1-4H3/t19-/m1/s1. The van der Waals surface area contributed by atoms with Crippen LogP contribution in [0.4, 0.5) is 11.4 Å². The summed E-state index contributed by atoms with van der Waals surface area (Å²) in [7, 11) is -7.91. The van der Waals surface area contributed by atoms with Crippen molar-refractivity contribution >= 4 is 48.7 Å². The highest BCUT2D eigenvalue weighted by atomic mass is 35.5. The fourth-order valence-electron chi connectivity index (χ4n) is 4.43. The van der Waals surface area contributed by atoms with Crippen molar-refractivity contribution in [3.8, 4) is 0 Å². The van der Waals surface area contributed by atoms with Crippen molar-refractivity contribution in [2.45, 2.75) is 51.0 Å². The fourth-order valence-corrected chi connectivity index (χ4v) is 6.68. The van der Waals surface area contributed by atoms with Gasteiger partial charge in [0, 0.05) is 12.2 Å². The van der Waals surface area contributed by atoms with Crippen LogP contribution < -0.4 is 10.0 Å². The minimum absolute atomic E-state index is 0.0533. The molecule has 0 unspecified atom stereocenters. The average molecular weight is 530 g/mol. The van der Waals surface area contributed by atoms with Gasteiger partial charge < -0.3 is 15.3 Å². The first-order valence-electron chi connectivity index (χ1n) is 10.9. The van der Waals surface area contributed by atoms with Gasteiger partial charge in [0.1, 0.15) is 11.3 Å². The van der Waals surface area contributed by atoms with E-state index in [1.165, 1.54) is 12.1 Å². The van der Waals surface area contributed by atoms with Crippen molar-refractivity contribution in [1.82, 2.24) is 4.90 Å². The molecule has 4 rings (SSSR count). The predicted molar refractivity (Wildman–Crippen MR) is 131 cm³/mol. The van der Waals surface area contributed by atoms with Crippen LogP contribution >= 0.6 is 11.6 Å². The fraction of sp³-hybridized carbons (Fsp3) is 0.500. The van der Waals surface area contributed by atoms with Gasteiger partial charge in [-0.1, -0.05) is 45.2 Å². The number of nitrogens with zero attached hydrogens (tertiary/aromatic N) is 1. The van der Waals surface area contributed by atoms with E-state index in [-0.39, 0.29) is 33.3 Å². The number of nitrogens with one attached hydrogen (secondary N) is 2. The van der Waals surface area contributed by atoms with Gasteiger partial charge in [-0.05, 0) is 36.0 Å². The number of hydrogen-bond acceptors (Lipinski definition) is 7. The van der Waals surface area contributed by atoms with Crippen LogP contribution in [0.5, 0.6) is 0 Å². The van der Waals surface area contributed by atoms with Crippen LogP contribution in [0.1, 0.15) is 40.0 Å². The third-order valence-electron chi connectivity index (χ3n) is 6.11. The van der Waals surface area contributed by atoms with E-state index < -0.39 is 41.6 Å². The Labute approximate surface area is 204 Å². The molecule has 1 saturated carbocycles. The molecule has 186 valence electrons. The number of rotatable bonds is 6. The summed E-state index contributed by atoms with van der Waals surface area (Å²) in [5.41, 5.74) is -0.666. The second-order valence-corrected chi connectivity index (χ2v) is 14.3. The first kappa shape index (κ1) is 24.9. The van der Waals surface area contributed by atoms with Crippen LogP contribution in [0, 0.1) is 11.3 Å². The molecule has 34 heavy (non-hydrogen) atoms. The summed E-state index contributed by atoms with van der Waals surface area (Å²) in [6.07, 6.45) is 4.01. The van der Waals surface area contributed by atoms with Crippen LogP contribution in [-0.4, -0.2) is 51.6 Å². The largest absolute Gasteiger partial charge is 0.509 e. The minimum atomic E-state index is -4.29. The molecule has 12 heteroatoms. The lowest BCUT2D eigenvalue weighted by Crippen LogP contribution is -2.44. The molecule has 1 aliphatic carbocycles. The lowest BCUT2D eigenvalue weighted by atomic mass is 9.85. The third kappa shape index (κ3) is 4.52. The number of aliphatic hydroxyl groups is 1. The quantitative estimate of drug-likeness (QED) is 0.513.